The number of anilines is 1. The fraction of sp³-hybridized carbons (Fsp3) is 0.250. The zero-order valence-electron chi connectivity index (χ0n) is 15.7. The summed E-state index contributed by atoms with van der Waals surface area (Å²) in [5.74, 6) is 1.19. The van der Waals surface area contributed by atoms with Gasteiger partial charge in [-0.25, -0.2) is 9.67 Å². The third-order valence-electron chi connectivity index (χ3n) is 4.66. The number of nitrogens with zero attached hydrogens (tertiary/aromatic N) is 4. The van der Waals surface area contributed by atoms with E-state index in [1.807, 2.05) is 35.0 Å². The van der Waals surface area contributed by atoms with Gasteiger partial charge in [0.05, 0.1) is 27.6 Å². The van der Waals surface area contributed by atoms with Crippen LogP contribution in [0.1, 0.15) is 30.1 Å². The van der Waals surface area contributed by atoms with Crippen LogP contribution >= 0.6 is 11.8 Å². The molecule has 29 heavy (non-hydrogen) atoms. The molecule has 1 amide bonds. The van der Waals surface area contributed by atoms with Crippen molar-refractivity contribution >= 4 is 29.0 Å². The fourth-order valence-corrected chi connectivity index (χ4v) is 3.63. The van der Waals surface area contributed by atoms with Crippen LogP contribution in [-0.2, 0) is 4.79 Å². The Morgan fingerprint density at radius 3 is 2.69 bits per heavy atom. The lowest BCUT2D eigenvalue weighted by Crippen LogP contribution is -2.15. The van der Waals surface area contributed by atoms with Crippen molar-refractivity contribution in [2.24, 2.45) is 0 Å². The van der Waals surface area contributed by atoms with E-state index in [2.05, 4.69) is 15.4 Å². The number of carbonyl (C=O) groups excluding carboxylic acids is 1. The van der Waals surface area contributed by atoms with Crippen molar-refractivity contribution in [3.8, 4) is 5.69 Å². The molecular formula is C20H19N5O3S. The number of para-hydroxylation sites is 1. The number of nitro groups is 1. The van der Waals surface area contributed by atoms with Crippen molar-refractivity contribution in [3.63, 3.8) is 0 Å². The minimum atomic E-state index is -0.459. The van der Waals surface area contributed by atoms with E-state index in [0.717, 1.165) is 24.4 Å². The predicted octanol–water partition coefficient (Wildman–Crippen LogP) is 4.09. The second kappa shape index (κ2) is 8.04. The van der Waals surface area contributed by atoms with Crippen LogP contribution < -0.4 is 5.32 Å². The summed E-state index contributed by atoms with van der Waals surface area (Å²) in [5, 5.41) is 18.9. The highest BCUT2D eigenvalue weighted by molar-refractivity contribution is 7.99. The first-order valence-electron chi connectivity index (χ1n) is 9.22. The van der Waals surface area contributed by atoms with Crippen molar-refractivity contribution in [2.45, 2.75) is 30.8 Å². The van der Waals surface area contributed by atoms with Gasteiger partial charge in [-0.1, -0.05) is 36.0 Å². The summed E-state index contributed by atoms with van der Waals surface area (Å²) in [6.07, 6.45) is 2.20. The van der Waals surface area contributed by atoms with E-state index in [0.29, 0.717) is 22.3 Å². The minimum absolute atomic E-state index is 0.0206. The number of rotatable bonds is 7. The molecular weight excluding hydrogens is 390 g/mol. The van der Waals surface area contributed by atoms with Gasteiger partial charge in [-0.05, 0) is 38.0 Å². The van der Waals surface area contributed by atoms with Crippen molar-refractivity contribution in [2.75, 3.05) is 11.1 Å². The quantitative estimate of drug-likeness (QED) is 0.358. The Kier molecular flexibility index (Phi) is 5.30. The molecule has 0 saturated heterocycles. The van der Waals surface area contributed by atoms with E-state index in [-0.39, 0.29) is 17.3 Å². The van der Waals surface area contributed by atoms with Gasteiger partial charge >= 0.3 is 0 Å². The Morgan fingerprint density at radius 2 is 2.00 bits per heavy atom. The summed E-state index contributed by atoms with van der Waals surface area (Å²) >= 11 is 1.25. The number of hydrogen-bond donors (Lipinski definition) is 1. The van der Waals surface area contributed by atoms with Crippen molar-refractivity contribution in [1.29, 1.82) is 0 Å². The third-order valence-corrected chi connectivity index (χ3v) is 5.50. The van der Waals surface area contributed by atoms with Crippen LogP contribution in [0.15, 0.2) is 53.7 Å². The van der Waals surface area contributed by atoms with Crippen LogP contribution in [0, 0.1) is 17.0 Å². The SMILES string of the molecule is Cc1c(NC(=O)CSc2nc(C3CC3)n(-c3ccccc3)n2)cccc1[N+](=O)[O-]. The molecule has 0 spiro atoms. The van der Waals surface area contributed by atoms with E-state index in [9.17, 15) is 14.9 Å². The number of carbonyl (C=O) groups is 1. The van der Waals surface area contributed by atoms with Crippen LogP contribution in [0.2, 0.25) is 0 Å². The number of amides is 1. The number of hydrogen-bond acceptors (Lipinski definition) is 6. The molecule has 4 rings (SSSR count). The topological polar surface area (TPSA) is 103 Å². The lowest BCUT2D eigenvalue weighted by atomic mass is 10.1. The van der Waals surface area contributed by atoms with Crippen LogP contribution in [0.5, 0.6) is 0 Å². The van der Waals surface area contributed by atoms with Gasteiger partial charge in [0.1, 0.15) is 5.82 Å². The van der Waals surface area contributed by atoms with Crippen molar-refractivity contribution < 1.29 is 9.72 Å². The van der Waals surface area contributed by atoms with Crippen LogP contribution in [0.3, 0.4) is 0 Å². The average molecular weight is 409 g/mol. The fourth-order valence-electron chi connectivity index (χ4n) is 3.00. The third kappa shape index (κ3) is 4.29. The molecule has 1 aliphatic carbocycles. The number of nitro benzene ring substituents is 1. The van der Waals surface area contributed by atoms with Gasteiger partial charge in [0.25, 0.3) is 5.69 Å². The zero-order chi connectivity index (χ0) is 20.4. The molecule has 1 saturated carbocycles. The highest BCUT2D eigenvalue weighted by atomic mass is 32.2. The number of thioether (sulfide) groups is 1. The second-order valence-electron chi connectivity index (χ2n) is 6.82. The number of nitrogens with one attached hydrogen (secondary N) is 1. The molecule has 1 aromatic heterocycles. The smallest absolute Gasteiger partial charge is 0.274 e. The van der Waals surface area contributed by atoms with Gasteiger partial charge in [0.2, 0.25) is 11.1 Å². The molecule has 0 radical (unpaired) electrons. The molecule has 148 valence electrons. The Morgan fingerprint density at radius 1 is 1.24 bits per heavy atom. The predicted molar refractivity (Wildman–Crippen MR) is 111 cm³/mol. The monoisotopic (exact) mass is 409 g/mol. The Labute approximate surface area is 171 Å². The van der Waals surface area contributed by atoms with Gasteiger partial charge in [-0.3, -0.25) is 14.9 Å². The number of aromatic nitrogens is 3. The molecule has 1 N–H and O–H groups in total. The van der Waals surface area contributed by atoms with Gasteiger partial charge in [-0.15, -0.1) is 5.10 Å². The van der Waals surface area contributed by atoms with Gasteiger partial charge in [-0.2, -0.15) is 0 Å². The lowest BCUT2D eigenvalue weighted by Gasteiger charge is -2.07. The largest absolute Gasteiger partial charge is 0.325 e. The average Bonchev–Trinajstić information content (AvgIpc) is 3.47. The molecule has 9 heteroatoms. The highest BCUT2D eigenvalue weighted by Crippen LogP contribution is 2.40. The Balaban J connectivity index is 1.45. The Hall–Kier alpha value is -3.20. The van der Waals surface area contributed by atoms with E-state index < -0.39 is 4.92 Å². The van der Waals surface area contributed by atoms with Crippen LogP contribution in [0.25, 0.3) is 5.69 Å². The summed E-state index contributed by atoms with van der Waals surface area (Å²) in [5.41, 5.74) is 1.79. The lowest BCUT2D eigenvalue weighted by molar-refractivity contribution is -0.385. The standard InChI is InChI=1S/C20H19N5O3S/c1-13-16(8-5-9-17(13)25(27)28)21-18(26)12-29-20-22-19(14-10-11-14)24(23-20)15-6-3-2-4-7-15/h2-9,14H,10-12H2,1H3,(H,21,26). The molecule has 1 aliphatic rings. The van der Waals surface area contributed by atoms with Gasteiger partial charge < -0.3 is 5.32 Å². The van der Waals surface area contributed by atoms with Crippen LogP contribution in [-0.4, -0.2) is 31.3 Å². The molecule has 0 aliphatic heterocycles. The summed E-state index contributed by atoms with van der Waals surface area (Å²) in [6, 6.07) is 14.4. The molecule has 1 fully saturated rings. The van der Waals surface area contributed by atoms with Gasteiger partial charge in [0, 0.05) is 12.0 Å². The number of benzene rings is 2. The molecule has 0 bridgehead atoms. The summed E-state index contributed by atoms with van der Waals surface area (Å²) in [4.78, 5) is 27.6. The van der Waals surface area contributed by atoms with Crippen LogP contribution in [0.4, 0.5) is 11.4 Å². The second-order valence-corrected chi connectivity index (χ2v) is 7.76. The van der Waals surface area contributed by atoms with E-state index in [1.165, 1.54) is 17.8 Å². The summed E-state index contributed by atoms with van der Waals surface area (Å²) < 4.78 is 1.85. The van der Waals surface area contributed by atoms with E-state index in [1.54, 1.807) is 19.1 Å². The summed E-state index contributed by atoms with van der Waals surface area (Å²) in [6.45, 7) is 1.62. The molecule has 0 unspecified atom stereocenters. The van der Waals surface area contributed by atoms with Crippen molar-refractivity contribution in [3.05, 3.63) is 70.0 Å². The minimum Gasteiger partial charge on any atom is -0.325 e. The van der Waals surface area contributed by atoms with E-state index in [4.69, 9.17) is 0 Å². The molecule has 0 atom stereocenters. The maximum absolute atomic E-state index is 12.4. The zero-order valence-corrected chi connectivity index (χ0v) is 16.6. The molecule has 8 nitrogen and oxygen atoms in total. The first-order valence-corrected chi connectivity index (χ1v) is 10.2. The normalized spacial score (nSPS) is 13.3. The first-order chi connectivity index (χ1) is 14.0. The van der Waals surface area contributed by atoms with Gasteiger partial charge in [0.15, 0.2) is 0 Å². The highest BCUT2D eigenvalue weighted by Gasteiger charge is 2.30. The maximum atomic E-state index is 12.4. The maximum Gasteiger partial charge on any atom is 0.274 e. The molecule has 3 aromatic rings. The summed E-state index contributed by atoms with van der Waals surface area (Å²) in [7, 11) is 0. The molecule has 2 aromatic carbocycles. The van der Waals surface area contributed by atoms with E-state index >= 15 is 0 Å². The Bertz CT molecular complexity index is 1060. The first kappa shape index (κ1) is 19.1. The molecule has 1 heterocycles. The van der Waals surface area contributed by atoms with Crippen molar-refractivity contribution in [1.82, 2.24) is 14.8 Å².